The van der Waals surface area contributed by atoms with E-state index in [1.54, 1.807) is 52.9 Å². The summed E-state index contributed by atoms with van der Waals surface area (Å²) in [5.41, 5.74) is 2.82. The Morgan fingerprint density at radius 1 is 1.30 bits per heavy atom. The van der Waals surface area contributed by atoms with Crippen LogP contribution in [0, 0.1) is 11.3 Å². The van der Waals surface area contributed by atoms with Gasteiger partial charge in [0.05, 0.1) is 18.6 Å². The van der Waals surface area contributed by atoms with Gasteiger partial charge in [0.25, 0.3) is 5.56 Å². The lowest BCUT2D eigenvalue weighted by molar-refractivity contribution is -0.529. The number of rotatable bonds is 8. The maximum atomic E-state index is 12.8. The summed E-state index contributed by atoms with van der Waals surface area (Å²) in [5.74, 6) is 2.01. The first-order valence-electron chi connectivity index (χ1n) is 13.0. The minimum atomic E-state index is -0.160. The summed E-state index contributed by atoms with van der Waals surface area (Å²) in [7, 11) is 5.22. The second-order valence-corrected chi connectivity index (χ2v) is 10.7. The molecule has 3 aliphatic rings. The zero-order valence-electron chi connectivity index (χ0n) is 22.3. The number of anilines is 2. The fraction of sp³-hybridized carbons (Fsp3) is 0.333. The largest absolute Gasteiger partial charge is 0.446 e. The number of quaternary nitrogens is 1. The fourth-order valence-electron chi connectivity index (χ4n) is 4.62. The molecule has 0 aromatic carbocycles. The fourth-order valence-corrected chi connectivity index (χ4v) is 4.92. The summed E-state index contributed by atoms with van der Waals surface area (Å²) >= 11 is 6.75. The van der Waals surface area contributed by atoms with Gasteiger partial charge in [0.1, 0.15) is 22.4 Å². The maximum Gasteiger partial charge on any atom is 0.274 e. The lowest BCUT2D eigenvalue weighted by atomic mass is 10.2. The summed E-state index contributed by atoms with van der Waals surface area (Å²) < 4.78 is 9.29. The van der Waals surface area contributed by atoms with E-state index >= 15 is 0 Å². The summed E-state index contributed by atoms with van der Waals surface area (Å²) in [5, 5.41) is 13.1. The van der Waals surface area contributed by atoms with Crippen LogP contribution in [-0.4, -0.2) is 49.4 Å². The molecule has 3 aromatic rings. The molecule has 2 fully saturated rings. The highest BCUT2D eigenvalue weighted by molar-refractivity contribution is 6.36. The van der Waals surface area contributed by atoms with E-state index in [0.29, 0.717) is 40.2 Å². The summed E-state index contributed by atoms with van der Waals surface area (Å²) in [6.07, 6.45) is 11.7. The minimum absolute atomic E-state index is 0.0555. The van der Waals surface area contributed by atoms with E-state index < -0.39 is 0 Å². The van der Waals surface area contributed by atoms with Crippen LogP contribution < -0.4 is 20.9 Å². The highest BCUT2D eigenvalue weighted by atomic mass is 35.5. The summed E-state index contributed by atoms with van der Waals surface area (Å²) in [6, 6.07) is 1.88. The van der Waals surface area contributed by atoms with Gasteiger partial charge in [0.2, 0.25) is 17.6 Å². The molecule has 0 unspecified atom stereocenters. The van der Waals surface area contributed by atoms with Crippen LogP contribution in [0.4, 0.5) is 11.6 Å². The topological polar surface area (TPSA) is 147 Å². The van der Waals surface area contributed by atoms with Crippen molar-refractivity contribution in [1.29, 1.82) is 5.41 Å². The van der Waals surface area contributed by atoms with Gasteiger partial charge in [0, 0.05) is 33.3 Å². The number of pyridine rings is 2. The van der Waals surface area contributed by atoms with Gasteiger partial charge in [-0.15, -0.1) is 0 Å². The van der Waals surface area contributed by atoms with Crippen molar-refractivity contribution >= 4 is 52.7 Å². The smallest absolute Gasteiger partial charge is 0.274 e. The van der Waals surface area contributed by atoms with Crippen molar-refractivity contribution in [3.63, 3.8) is 0 Å². The third-order valence-electron chi connectivity index (χ3n) is 7.29. The van der Waals surface area contributed by atoms with Crippen molar-refractivity contribution in [2.24, 2.45) is 25.0 Å². The van der Waals surface area contributed by atoms with Crippen molar-refractivity contribution in [2.75, 3.05) is 12.4 Å². The van der Waals surface area contributed by atoms with Gasteiger partial charge in [0.15, 0.2) is 22.9 Å². The van der Waals surface area contributed by atoms with E-state index in [-0.39, 0.29) is 33.9 Å². The standard InChI is InChI=1S/C27H28ClN9O3/c1-35-13-16(14-4-5-14)8-17(26(35)39)33-27-34-24-23(37(27)3)22(28)20(11-32-24)40-19(9-29)18-10-31-21(12-30-18)36(2)25(38)15-6-7-15/h8-15,29-30H,4-7H2,1-3H3,(H,32,33,34)/p+1/b19-18+,29-9?. The number of nitrogens with zero attached hydrogens (tertiary/aromatic N) is 6. The van der Waals surface area contributed by atoms with Crippen LogP contribution in [0.15, 0.2) is 51.7 Å². The molecule has 2 aliphatic carbocycles. The van der Waals surface area contributed by atoms with Crippen LogP contribution in [0.2, 0.25) is 5.02 Å². The molecule has 3 aromatic heterocycles. The van der Waals surface area contributed by atoms with Crippen LogP contribution >= 0.6 is 11.6 Å². The lowest BCUT2D eigenvalue weighted by Crippen LogP contribution is -2.78. The Morgan fingerprint density at radius 2 is 2.08 bits per heavy atom. The molecule has 6 rings (SSSR count). The van der Waals surface area contributed by atoms with E-state index in [0.717, 1.165) is 37.5 Å². The van der Waals surface area contributed by atoms with Gasteiger partial charge < -0.3 is 24.6 Å². The van der Waals surface area contributed by atoms with E-state index in [1.165, 1.54) is 6.20 Å². The van der Waals surface area contributed by atoms with Gasteiger partial charge in [-0.2, -0.15) is 4.98 Å². The molecule has 4 N–H and O–H groups in total. The molecule has 1 aliphatic heterocycles. The number of aryl methyl sites for hydroxylation is 2. The second kappa shape index (κ2) is 10.0. The van der Waals surface area contributed by atoms with Crippen LogP contribution in [0.5, 0.6) is 5.75 Å². The van der Waals surface area contributed by atoms with E-state index in [9.17, 15) is 9.59 Å². The molecule has 13 heteroatoms. The molecule has 4 heterocycles. The lowest BCUT2D eigenvalue weighted by Gasteiger charge is -2.18. The van der Waals surface area contributed by atoms with Gasteiger partial charge >= 0.3 is 0 Å². The average molecular weight is 563 g/mol. The van der Waals surface area contributed by atoms with Gasteiger partial charge in [-0.1, -0.05) is 11.6 Å². The SMILES string of the molecule is CN(C(=O)C1CC1)C1=C[NH2+]/C(=C(\C=N)Oc2cnc3nc(Nc4cc(C5CC5)cn(C)c4=O)n(C)c3c2Cl)C=N1. The maximum absolute atomic E-state index is 12.8. The Hall–Kier alpha value is -4.29. The van der Waals surface area contributed by atoms with Crippen LogP contribution in [0.25, 0.3) is 11.2 Å². The number of allylic oxidation sites excluding steroid dienone is 2. The van der Waals surface area contributed by atoms with Gasteiger partial charge in [-0.3, -0.25) is 19.8 Å². The van der Waals surface area contributed by atoms with Gasteiger partial charge in [-0.05, 0) is 43.2 Å². The molecule has 1 amide bonds. The first-order chi connectivity index (χ1) is 19.2. The van der Waals surface area contributed by atoms with Crippen molar-refractivity contribution in [3.05, 3.63) is 62.9 Å². The predicted octanol–water partition coefficient (Wildman–Crippen LogP) is 2.50. The summed E-state index contributed by atoms with van der Waals surface area (Å²) in [4.78, 5) is 40.0. The number of amides is 1. The van der Waals surface area contributed by atoms with Crippen molar-refractivity contribution in [2.45, 2.75) is 31.6 Å². The molecule has 0 saturated heterocycles. The molecule has 0 atom stereocenters. The van der Waals surface area contributed by atoms with Crippen molar-refractivity contribution in [3.8, 4) is 5.75 Å². The van der Waals surface area contributed by atoms with Gasteiger partial charge in [-0.25, -0.2) is 9.98 Å². The molecule has 206 valence electrons. The first-order valence-corrected chi connectivity index (χ1v) is 13.4. The zero-order valence-corrected chi connectivity index (χ0v) is 23.1. The number of aliphatic imine (C=N–C) groups is 1. The van der Waals surface area contributed by atoms with Crippen molar-refractivity contribution < 1.29 is 14.8 Å². The number of aromatic nitrogens is 4. The second-order valence-electron chi connectivity index (χ2n) is 10.3. The third-order valence-corrected chi connectivity index (χ3v) is 7.65. The highest BCUT2D eigenvalue weighted by Gasteiger charge is 2.34. The van der Waals surface area contributed by atoms with E-state index in [4.69, 9.17) is 21.7 Å². The zero-order chi connectivity index (χ0) is 28.1. The monoisotopic (exact) mass is 562 g/mol. The molecule has 0 spiro atoms. The third kappa shape index (κ3) is 4.80. The predicted molar refractivity (Wildman–Crippen MR) is 151 cm³/mol. The molecule has 0 bridgehead atoms. The number of imidazole rings is 1. The molecule has 2 saturated carbocycles. The first kappa shape index (κ1) is 26.0. The molecular weight excluding hydrogens is 534 g/mol. The minimum Gasteiger partial charge on any atom is -0.446 e. The van der Waals surface area contributed by atoms with Crippen LogP contribution in [0.1, 0.15) is 37.2 Å². The number of carbonyl (C=O) groups excluding carboxylic acids is 1. The number of hydrogen-bond acceptors (Lipinski definition) is 8. The van der Waals surface area contributed by atoms with Crippen LogP contribution in [-0.2, 0) is 18.9 Å². The average Bonchev–Trinajstić information content (AvgIpc) is 3.88. The molecule has 40 heavy (non-hydrogen) atoms. The number of nitrogens with two attached hydrogens (primary N) is 1. The summed E-state index contributed by atoms with van der Waals surface area (Å²) in [6.45, 7) is 0. The Balaban J connectivity index is 1.25. The Bertz CT molecular complexity index is 1710. The Kier molecular flexibility index (Phi) is 6.51. The molecular formula is C27H29ClN9O3+. The number of fused-ring (bicyclic) bond motifs is 1. The van der Waals surface area contributed by atoms with E-state index in [1.807, 2.05) is 12.3 Å². The Labute approximate surface area is 234 Å². The number of carbonyl (C=O) groups is 1. The molecule has 12 nitrogen and oxygen atoms in total. The van der Waals surface area contributed by atoms with Crippen molar-refractivity contribution in [1.82, 2.24) is 24.0 Å². The number of ether oxygens (including phenoxy) is 1. The quantitative estimate of drug-likeness (QED) is 0.284. The number of halogens is 1. The number of nitrogens with one attached hydrogen (secondary N) is 2. The normalized spacial score (nSPS) is 17.9. The molecule has 0 radical (unpaired) electrons. The Morgan fingerprint density at radius 3 is 2.73 bits per heavy atom. The van der Waals surface area contributed by atoms with E-state index in [2.05, 4.69) is 20.3 Å². The van der Waals surface area contributed by atoms with Crippen LogP contribution in [0.3, 0.4) is 0 Å². The number of hydrogen-bond donors (Lipinski definition) is 3. The highest BCUT2D eigenvalue weighted by Crippen LogP contribution is 2.40.